The van der Waals surface area contributed by atoms with Gasteiger partial charge in [0.2, 0.25) is 0 Å². The van der Waals surface area contributed by atoms with Crippen LogP contribution in [0.15, 0.2) is 0 Å². The molecule has 2 unspecified atom stereocenters. The van der Waals surface area contributed by atoms with Crippen LogP contribution in [0.4, 0.5) is 4.79 Å². The summed E-state index contributed by atoms with van der Waals surface area (Å²) in [5.41, 5.74) is -1.29. The lowest BCUT2D eigenvalue weighted by atomic mass is 9.74. The maximum absolute atomic E-state index is 12.3. The number of ether oxygens (including phenoxy) is 1. The van der Waals surface area contributed by atoms with Gasteiger partial charge in [0.15, 0.2) is 0 Å². The number of carbonyl (C=O) groups is 2. The Morgan fingerprint density at radius 3 is 2.30 bits per heavy atom. The molecule has 0 spiro atoms. The minimum absolute atomic E-state index is 0.0975. The molecule has 1 amide bonds. The minimum Gasteiger partial charge on any atom is -0.481 e. The Labute approximate surface area is 121 Å². The van der Waals surface area contributed by atoms with Crippen LogP contribution >= 0.6 is 0 Å². The number of carbonyl (C=O) groups excluding carboxylic acids is 1. The fourth-order valence-electron chi connectivity index (χ4n) is 2.54. The van der Waals surface area contributed by atoms with E-state index < -0.39 is 17.0 Å². The number of hydrogen-bond donors (Lipinski definition) is 1. The van der Waals surface area contributed by atoms with E-state index in [9.17, 15) is 14.7 Å². The number of amides is 1. The van der Waals surface area contributed by atoms with Crippen LogP contribution in [0.2, 0.25) is 0 Å². The van der Waals surface area contributed by atoms with E-state index in [0.29, 0.717) is 19.4 Å². The molecule has 1 fully saturated rings. The number of piperidine rings is 1. The van der Waals surface area contributed by atoms with Crippen molar-refractivity contribution in [2.75, 3.05) is 6.54 Å². The zero-order valence-electron chi connectivity index (χ0n) is 13.4. The average molecular weight is 285 g/mol. The maximum atomic E-state index is 12.3. The molecule has 20 heavy (non-hydrogen) atoms. The molecule has 0 aliphatic carbocycles. The van der Waals surface area contributed by atoms with E-state index in [1.165, 1.54) is 0 Å². The van der Waals surface area contributed by atoms with Gasteiger partial charge in [0.25, 0.3) is 0 Å². The van der Waals surface area contributed by atoms with Crippen molar-refractivity contribution in [2.45, 2.75) is 66.0 Å². The van der Waals surface area contributed by atoms with E-state index in [1.54, 1.807) is 11.8 Å². The first-order chi connectivity index (χ1) is 8.96. The SMILES string of the molecule is CC(C)C1CC(C)(C(=O)O)CCN1C(=O)OC(C)(C)C. The molecule has 0 aromatic heterocycles. The monoisotopic (exact) mass is 285 g/mol. The maximum Gasteiger partial charge on any atom is 0.410 e. The summed E-state index contributed by atoms with van der Waals surface area (Å²) in [4.78, 5) is 25.4. The van der Waals surface area contributed by atoms with Gasteiger partial charge in [-0.3, -0.25) is 4.79 Å². The zero-order chi connectivity index (χ0) is 15.7. The Hall–Kier alpha value is -1.26. The Kier molecular flexibility index (Phi) is 4.72. The highest BCUT2D eigenvalue weighted by Gasteiger charge is 2.45. The quantitative estimate of drug-likeness (QED) is 0.846. The van der Waals surface area contributed by atoms with E-state index in [4.69, 9.17) is 4.74 Å². The van der Waals surface area contributed by atoms with Gasteiger partial charge in [0.05, 0.1) is 5.41 Å². The Bertz CT molecular complexity index is 386. The van der Waals surface area contributed by atoms with Crippen LogP contribution < -0.4 is 0 Å². The molecule has 1 heterocycles. The van der Waals surface area contributed by atoms with Crippen LogP contribution in [0, 0.1) is 11.3 Å². The van der Waals surface area contributed by atoms with Crippen molar-refractivity contribution < 1.29 is 19.4 Å². The minimum atomic E-state index is -0.785. The summed E-state index contributed by atoms with van der Waals surface area (Å²) >= 11 is 0. The van der Waals surface area contributed by atoms with Crippen molar-refractivity contribution in [3.63, 3.8) is 0 Å². The van der Waals surface area contributed by atoms with Crippen LogP contribution in [-0.2, 0) is 9.53 Å². The summed E-state index contributed by atoms with van der Waals surface area (Å²) in [5, 5.41) is 9.37. The van der Waals surface area contributed by atoms with E-state index in [2.05, 4.69) is 0 Å². The highest BCUT2D eigenvalue weighted by Crippen LogP contribution is 2.37. The van der Waals surface area contributed by atoms with Gasteiger partial charge in [-0.1, -0.05) is 13.8 Å². The highest BCUT2D eigenvalue weighted by molar-refractivity contribution is 5.75. The van der Waals surface area contributed by atoms with Crippen molar-refractivity contribution >= 4 is 12.1 Å². The highest BCUT2D eigenvalue weighted by atomic mass is 16.6. The molecular weight excluding hydrogens is 258 g/mol. The zero-order valence-corrected chi connectivity index (χ0v) is 13.4. The third-order valence-electron chi connectivity index (χ3n) is 3.88. The summed E-state index contributed by atoms with van der Waals surface area (Å²) in [6, 6.07) is -0.0975. The van der Waals surface area contributed by atoms with Crippen LogP contribution in [0.1, 0.15) is 54.4 Å². The molecule has 1 rings (SSSR count). The summed E-state index contributed by atoms with van der Waals surface area (Å²) < 4.78 is 5.43. The second-order valence-electron chi connectivity index (χ2n) is 7.31. The van der Waals surface area contributed by atoms with Gasteiger partial charge in [0.1, 0.15) is 5.60 Å². The first-order valence-electron chi connectivity index (χ1n) is 7.19. The number of aliphatic carboxylic acids is 1. The first-order valence-corrected chi connectivity index (χ1v) is 7.19. The lowest BCUT2D eigenvalue weighted by molar-refractivity contribution is -0.152. The second-order valence-corrected chi connectivity index (χ2v) is 7.31. The second kappa shape index (κ2) is 5.62. The average Bonchev–Trinajstić information content (AvgIpc) is 2.26. The fourth-order valence-corrected chi connectivity index (χ4v) is 2.54. The van der Waals surface area contributed by atoms with Gasteiger partial charge in [-0.05, 0) is 46.5 Å². The molecular formula is C15H27NO4. The van der Waals surface area contributed by atoms with Crippen molar-refractivity contribution in [2.24, 2.45) is 11.3 Å². The van der Waals surface area contributed by atoms with Gasteiger partial charge in [-0.2, -0.15) is 0 Å². The van der Waals surface area contributed by atoms with Crippen LogP contribution in [0.5, 0.6) is 0 Å². The standard InChI is InChI=1S/C15H27NO4/c1-10(2)11-9-15(6,12(17)18)7-8-16(11)13(19)20-14(3,4)5/h10-11H,7-9H2,1-6H3,(H,17,18). The van der Waals surface area contributed by atoms with Crippen LogP contribution in [0.3, 0.4) is 0 Å². The van der Waals surface area contributed by atoms with Crippen LogP contribution in [0.25, 0.3) is 0 Å². The normalized spacial score (nSPS) is 27.6. The molecule has 0 aromatic rings. The van der Waals surface area contributed by atoms with Gasteiger partial charge < -0.3 is 14.7 Å². The molecule has 1 saturated heterocycles. The van der Waals surface area contributed by atoms with E-state index in [0.717, 1.165) is 0 Å². The summed E-state index contributed by atoms with van der Waals surface area (Å²) in [5.74, 6) is -0.589. The van der Waals surface area contributed by atoms with Gasteiger partial charge >= 0.3 is 12.1 Å². The fraction of sp³-hybridized carbons (Fsp3) is 0.867. The van der Waals surface area contributed by atoms with Gasteiger partial charge in [-0.25, -0.2) is 4.79 Å². The van der Waals surface area contributed by atoms with Crippen LogP contribution in [-0.4, -0.2) is 40.3 Å². The van der Waals surface area contributed by atoms with Crippen molar-refractivity contribution in [3.8, 4) is 0 Å². The molecule has 0 radical (unpaired) electrons. The van der Waals surface area contributed by atoms with E-state index >= 15 is 0 Å². The number of carboxylic acid groups (broad SMARTS) is 1. The van der Waals surface area contributed by atoms with Gasteiger partial charge in [0, 0.05) is 12.6 Å². The molecule has 1 aliphatic rings. The van der Waals surface area contributed by atoms with E-state index in [1.807, 2.05) is 34.6 Å². The topological polar surface area (TPSA) is 66.8 Å². The van der Waals surface area contributed by atoms with E-state index in [-0.39, 0.29) is 18.1 Å². The van der Waals surface area contributed by atoms with Crippen molar-refractivity contribution in [1.29, 1.82) is 0 Å². The third kappa shape index (κ3) is 3.87. The molecule has 116 valence electrons. The summed E-state index contributed by atoms with van der Waals surface area (Å²) in [6.07, 6.45) is 0.591. The first kappa shape index (κ1) is 16.8. The molecule has 5 nitrogen and oxygen atoms in total. The number of nitrogens with zero attached hydrogens (tertiary/aromatic N) is 1. The third-order valence-corrected chi connectivity index (χ3v) is 3.88. The predicted octanol–water partition coefficient (Wildman–Crippen LogP) is 3.13. The lowest BCUT2D eigenvalue weighted by Crippen LogP contribution is -2.54. The summed E-state index contributed by atoms with van der Waals surface area (Å²) in [7, 11) is 0. The summed E-state index contributed by atoms with van der Waals surface area (Å²) in [6.45, 7) is 11.7. The molecule has 1 aliphatic heterocycles. The molecule has 2 atom stereocenters. The van der Waals surface area contributed by atoms with Crippen molar-refractivity contribution in [1.82, 2.24) is 4.90 Å². The molecule has 5 heteroatoms. The van der Waals surface area contributed by atoms with Crippen molar-refractivity contribution in [3.05, 3.63) is 0 Å². The largest absolute Gasteiger partial charge is 0.481 e. The predicted molar refractivity (Wildman–Crippen MR) is 76.5 cm³/mol. The Morgan fingerprint density at radius 1 is 1.35 bits per heavy atom. The molecule has 1 N–H and O–H groups in total. The number of carboxylic acids is 1. The Morgan fingerprint density at radius 2 is 1.90 bits per heavy atom. The number of likely N-dealkylation sites (tertiary alicyclic amines) is 1. The molecule has 0 saturated carbocycles. The smallest absolute Gasteiger partial charge is 0.410 e. The molecule has 0 bridgehead atoms. The number of rotatable bonds is 2. The lowest BCUT2D eigenvalue weighted by Gasteiger charge is -2.44. The Balaban J connectivity index is 2.88. The molecule has 0 aromatic carbocycles. The number of hydrogen-bond acceptors (Lipinski definition) is 3. The van der Waals surface area contributed by atoms with Gasteiger partial charge in [-0.15, -0.1) is 0 Å².